The average molecular weight is 472 g/mol. The number of carbonyl (C=O) groups excluding carboxylic acids is 2. The van der Waals surface area contributed by atoms with Gasteiger partial charge in [0, 0.05) is 15.6 Å². The zero-order valence-electron chi connectivity index (χ0n) is 16.7. The zero-order valence-corrected chi connectivity index (χ0v) is 19.1. The van der Waals surface area contributed by atoms with Crippen molar-refractivity contribution in [3.05, 3.63) is 80.7 Å². The molecule has 1 fully saturated rings. The number of nitrogens with zero attached hydrogens (tertiary/aromatic N) is 1. The van der Waals surface area contributed by atoms with E-state index in [9.17, 15) is 9.59 Å². The second-order valence-electron chi connectivity index (χ2n) is 7.05. The van der Waals surface area contributed by atoms with Gasteiger partial charge in [-0.3, -0.25) is 14.5 Å². The van der Waals surface area contributed by atoms with E-state index in [-0.39, 0.29) is 17.7 Å². The lowest BCUT2D eigenvalue weighted by Gasteiger charge is -2.14. The lowest BCUT2D eigenvalue weighted by atomic mass is 10.0. The Labute approximate surface area is 194 Å². The van der Waals surface area contributed by atoms with Crippen molar-refractivity contribution in [3.63, 3.8) is 0 Å². The van der Waals surface area contributed by atoms with Crippen molar-refractivity contribution in [2.45, 2.75) is 19.9 Å². The summed E-state index contributed by atoms with van der Waals surface area (Å²) in [5.74, 6) is 0.337. The molecule has 31 heavy (non-hydrogen) atoms. The van der Waals surface area contributed by atoms with E-state index in [2.05, 4.69) is 0 Å². The molecule has 3 aromatic carbocycles. The molecule has 0 spiro atoms. The number of hydrogen-bond acceptors (Lipinski definition) is 4. The molecule has 158 valence electrons. The van der Waals surface area contributed by atoms with Crippen molar-refractivity contribution in [3.8, 4) is 5.75 Å². The molecule has 0 radical (unpaired) electrons. The van der Waals surface area contributed by atoms with Crippen molar-refractivity contribution in [2.24, 2.45) is 0 Å². The molecular formula is C24H19Cl2NO3S. The first-order chi connectivity index (χ1) is 15.0. The summed E-state index contributed by atoms with van der Waals surface area (Å²) in [6, 6.07) is 16.8. The largest absolute Gasteiger partial charge is 0.493 e. The maximum absolute atomic E-state index is 13.1. The van der Waals surface area contributed by atoms with Gasteiger partial charge in [-0.15, -0.1) is 0 Å². The minimum atomic E-state index is -0.351. The standard InChI is InChI=1S/C24H19Cl2NO3S/c1-2-11-30-21-10-8-15-5-3-4-6-18(15)19(21)13-22-23(28)27(24(29)31-22)14-16-7-9-17(25)12-20(16)26/h3-10,12-13H,2,11,14H2,1H3/b22-13+. The Morgan fingerprint density at radius 2 is 1.87 bits per heavy atom. The molecule has 3 aromatic rings. The van der Waals surface area contributed by atoms with Gasteiger partial charge in [-0.05, 0) is 58.8 Å². The Balaban J connectivity index is 1.70. The van der Waals surface area contributed by atoms with E-state index in [1.54, 1.807) is 24.3 Å². The van der Waals surface area contributed by atoms with E-state index >= 15 is 0 Å². The first-order valence-corrected chi connectivity index (χ1v) is 11.4. The molecule has 0 atom stereocenters. The van der Waals surface area contributed by atoms with Crippen molar-refractivity contribution < 1.29 is 14.3 Å². The number of rotatable bonds is 6. The highest BCUT2D eigenvalue weighted by atomic mass is 35.5. The predicted octanol–water partition coefficient (Wildman–Crippen LogP) is 7.17. The highest BCUT2D eigenvalue weighted by Gasteiger charge is 2.35. The molecule has 1 aliphatic heterocycles. The van der Waals surface area contributed by atoms with E-state index in [0.717, 1.165) is 34.5 Å². The maximum atomic E-state index is 13.1. The van der Waals surface area contributed by atoms with Crippen LogP contribution in [0.1, 0.15) is 24.5 Å². The first-order valence-electron chi connectivity index (χ1n) is 9.81. The van der Waals surface area contributed by atoms with E-state index < -0.39 is 0 Å². The van der Waals surface area contributed by atoms with E-state index in [1.165, 1.54) is 4.90 Å². The van der Waals surface area contributed by atoms with Gasteiger partial charge in [-0.25, -0.2) is 0 Å². The molecule has 2 amide bonds. The van der Waals surface area contributed by atoms with Crippen molar-refractivity contribution >= 4 is 63.0 Å². The van der Waals surface area contributed by atoms with Crippen LogP contribution in [0.3, 0.4) is 0 Å². The molecule has 0 unspecified atom stereocenters. The molecule has 4 nitrogen and oxygen atoms in total. The third-order valence-electron chi connectivity index (χ3n) is 4.88. The van der Waals surface area contributed by atoms with Crippen molar-refractivity contribution in [2.75, 3.05) is 6.61 Å². The topological polar surface area (TPSA) is 46.6 Å². The van der Waals surface area contributed by atoms with Crippen molar-refractivity contribution in [1.82, 2.24) is 4.90 Å². The van der Waals surface area contributed by atoms with Crippen LogP contribution >= 0.6 is 35.0 Å². The Kier molecular flexibility index (Phi) is 6.56. The summed E-state index contributed by atoms with van der Waals surface area (Å²) in [5, 5.41) is 2.57. The van der Waals surface area contributed by atoms with Crippen LogP contribution in [0.4, 0.5) is 4.79 Å². The molecule has 0 saturated carbocycles. The third-order valence-corrected chi connectivity index (χ3v) is 6.38. The quantitative estimate of drug-likeness (QED) is 0.357. The molecule has 1 aliphatic rings. The molecule has 0 aromatic heterocycles. The number of hydrogen-bond donors (Lipinski definition) is 0. The van der Waals surface area contributed by atoms with Crippen LogP contribution in [-0.2, 0) is 11.3 Å². The number of amides is 2. The van der Waals surface area contributed by atoms with Gasteiger partial charge in [0.1, 0.15) is 5.75 Å². The first kappa shape index (κ1) is 21.8. The van der Waals surface area contributed by atoms with Gasteiger partial charge >= 0.3 is 0 Å². The summed E-state index contributed by atoms with van der Waals surface area (Å²) in [6.07, 6.45) is 2.62. The molecule has 0 aliphatic carbocycles. The predicted molar refractivity (Wildman–Crippen MR) is 128 cm³/mol. The summed E-state index contributed by atoms with van der Waals surface area (Å²) < 4.78 is 5.92. The number of carbonyl (C=O) groups is 2. The molecule has 0 N–H and O–H groups in total. The molecule has 0 bridgehead atoms. The minimum Gasteiger partial charge on any atom is -0.493 e. The van der Waals surface area contributed by atoms with Crippen LogP contribution in [0.25, 0.3) is 16.8 Å². The SMILES string of the molecule is CCCOc1ccc2ccccc2c1/C=C1/SC(=O)N(Cc2ccc(Cl)cc2Cl)C1=O. The molecule has 4 rings (SSSR count). The summed E-state index contributed by atoms with van der Waals surface area (Å²) >= 11 is 13.1. The lowest BCUT2D eigenvalue weighted by molar-refractivity contribution is -0.123. The smallest absolute Gasteiger partial charge is 0.293 e. The zero-order chi connectivity index (χ0) is 22.0. The monoisotopic (exact) mass is 471 g/mol. The van der Waals surface area contributed by atoms with Gasteiger partial charge in [0.15, 0.2) is 0 Å². The second kappa shape index (κ2) is 9.35. The van der Waals surface area contributed by atoms with Gasteiger partial charge in [0.25, 0.3) is 11.1 Å². The van der Waals surface area contributed by atoms with Crippen molar-refractivity contribution in [1.29, 1.82) is 0 Å². The summed E-state index contributed by atoms with van der Waals surface area (Å²) in [7, 11) is 0. The molecule has 7 heteroatoms. The number of thioether (sulfide) groups is 1. The Hall–Kier alpha value is -2.47. The van der Waals surface area contributed by atoms with Gasteiger partial charge in [-0.1, -0.05) is 66.5 Å². The van der Waals surface area contributed by atoms with E-state index in [4.69, 9.17) is 27.9 Å². The number of fused-ring (bicyclic) bond motifs is 1. The molecule has 1 heterocycles. The van der Waals surface area contributed by atoms with Crippen LogP contribution < -0.4 is 4.74 Å². The van der Waals surface area contributed by atoms with Gasteiger partial charge in [0.05, 0.1) is 18.1 Å². The summed E-state index contributed by atoms with van der Waals surface area (Å²) in [6.45, 7) is 2.69. The van der Waals surface area contributed by atoms with Crippen LogP contribution in [-0.4, -0.2) is 22.7 Å². The number of halogens is 2. The maximum Gasteiger partial charge on any atom is 0.293 e. The number of benzene rings is 3. The van der Waals surface area contributed by atoms with E-state index in [1.807, 2.05) is 43.3 Å². The minimum absolute atomic E-state index is 0.0900. The van der Waals surface area contributed by atoms with Crippen LogP contribution in [0.15, 0.2) is 59.5 Å². The van der Waals surface area contributed by atoms with Crippen LogP contribution in [0, 0.1) is 0 Å². The third kappa shape index (κ3) is 4.59. The Bertz CT molecular complexity index is 1210. The number of ether oxygens (including phenoxy) is 1. The highest BCUT2D eigenvalue weighted by molar-refractivity contribution is 8.18. The van der Waals surface area contributed by atoms with Crippen LogP contribution in [0.2, 0.25) is 10.0 Å². The highest BCUT2D eigenvalue weighted by Crippen LogP contribution is 2.38. The van der Waals surface area contributed by atoms with Gasteiger partial charge in [0.2, 0.25) is 0 Å². The second-order valence-corrected chi connectivity index (χ2v) is 8.89. The Morgan fingerprint density at radius 3 is 2.65 bits per heavy atom. The fourth-order valence-corrected chi connectivity index (χ4v) is 4.64. The number of imide groups is 1. The molecule has 1 saturated heterocycles. The van der Waals surface area contributed by atoms with Gasteiger partial charge < -0.3 is 4.74 Å². The summed E-state index contributed by atoms with van der Waals surface area (Å²) in [5.41, 5.74) is 1.45. The molecular weight excluding hydrogens is 453 g/mol. The lowest BCUT2D eigenvalue weighted by Crippen LogP contribution is -2.27. The average Bonchev–Trinajstić information content (AvgIpc) is 3.02. The fourth-order valence-electron chi connectivity index (χ4n) is 3.35. The normalized spacial score (nSPS) is 15.3. The Morgan fingerprint density at radius 1 is 1.06 bits per heavy atom. The fraction of sp³-hybridized carbons (Fsp3) is 0.167. The van der Waals surface area contributed by atoms with E-state index in [0.29, 0.717) is 32.9 Å². The van der Waals surface area contributed by atoms with Gasteiger partial charge in [-0.2, -0.15) is 0 Å². The summed E-state index contributed by atoms with van der Waals surface area (Å²) in [4.78, 5) is 27.2. The van der Waals surface area contributed by atoms with Crippen LogP contribution in [0.5, 0.6) is 5.75 Å².